The number of benzene rings is 2. The molecule has 184 valence electrons. The lowest BCUT2D eigenvalue weighted by Gasteiger charge is -2.34. The lowest BCUT2D eigenvalue weighted by Crippen LogP contribution is -2.52. The Bertz CT molecular complexity index is 1130. The molecule has 2 amide bonds. The molecule has 1 aliphatic heterocycles. The van der Waals surface area contributed by atoms with E-state index in [1.807, 2.05) is 38.1 Å². The first-order valence-electron chi connectivity index (χ1n) is 12.4. The van der Waals surface area contributed by atoms with Crippen molar-refractivity contribution in [3.05, 3.63) is 59.7 Å². The summed E-state index contributed by atoms with van der Waals surface area (Å²) >= 11 is 0. The maximum Gasteiger partial charge on any atom is 0.407 e. The Hall–Kier alpha value is -3.35. The van der Waals surface area contributed by atoms with Gasteiger partial charge in [0.25, 0.3) is 0 Å². The molecule has 2 aliphatic carbocycles. The maximum atomic E-state index is 12.9. The van der Waals surface area contributed by atoms with Crippen LogP contribution in [0.25, 0.3) is 11.1 Å². The number of ether oxygens (including phenoxy) is 1. The molecule has 7 heteroatoms. The van der Waals surface area contributed by atoms with E-state index in [1.165, 1.54) is 11.1 Å². The van der Waals surface area contributed by atoms with Crippen molar-refractivity contribution in [3.8, 4) is 11.1 Å². The first-order valence-corrected chi connectivity index (χ1v) is 12.4. The van der Waals surface area contributed by atoms with E-state index in [0.29, 0.717) is 19.4 Å². The quantitative estimate of drug-likeness (QED) is 0.611. The number of hydrogen-bond acceptors (Lipinski definition) is 4. The minimum Gasteiger partial charge on any atom is -0.479 e. The van der Waals surface area contributed by atoms with Gasteiger partial charge < -0.3 is 20.1 Å². The summed E-state index contributed by atoms with van der Waals surface area (Å²) in [5.41, 5.74) is 2.97. The van der Waals surface area contributed by atoms with Gasteiger partial charge in [-0.25, -0.2) is 9.59 Å². The van der Waals surface area contributed by atoms with Crippen molar-refractivity contribution in [3.63, 3.8) is 0 Å². The van der Waals surface area contributed by atoms with Gasteiger partial charge in [-0.15, -0.1) is 0 Å². The Kier molecular flexibility index (Phi) is 5.82. The van der Waals surface area contributed by atoms with Crippen LogP contribution in [0.15, 0.2) is 48.5 Å². The van der Waals surface area contributed by atoms with Crippen LogP contribution in [-0.2, 0) is 14.3 Å². The third-order valence-electron chi connectivity index (χ3n) is 7.91. The Labute approximate surface area is 205 Å². The van der Waals surface area contributed by atoms with E-state index in [4.69, 9.17) is 4.74 Å². The number of likely N-dealkylation sites (tertiary alicyclic amines) is 1. The number of carboxylic acids is 1. The SMILES string of the molecule is CC(C)(CCC(=O)N1CCCC2CC21C(=O)O)NC(=O)OCC1c2ccccc2-c2ccccc21. The second-order valence-corrected chi connectivity index (χ2v) is 10.7. The largest absolute Gasteiger partial charge is 0.479 e. The van der Waals surface area contributed by atoms with Crippen molar-refractivity contribution in [1.82, 2.24) is 10.2 Å². The zero-order valence-electron chi connectivity index (χ0n) is 20.3. The number of carbonyl (C=O) groups excluding carboxylic acids is 2. The highest BCUT2D eigenvalue weighted by atomic mass is 16.5. The highest BCUT2D eigenvalue weighted by Gasteiger charge is 2.66. The second-order valence-electron chi connectivity index (χ2n) is 10.7. The predicted molar refractivity (Wildman–Crippen MR) is 131 cm³/mol. The molecule has 5 rings (SSSR count). The van der Waals surface area contributed by atoms with E-state index >= 15 is 0 Å². The van der Waals surface area contributed by atoms with Gasteiger partial charge in [-0.2, -0.15) is 0 Å². The van der Waals surface area contributed by atoms with Crippen LogP contribution in [0.2, 0.25) is 0 Å². The van der Waals surface area contributed by atoms with Crippen LogP contribution in [-0.4, -0.2) is 52.2 Å². The number of aliphatic carboxylic acids is 1. The number of nitrogens with zero attached hydrogens (tertiary/aromatic N) is 1. The molecule has 35 heavy (non-hydrogen) atoms. The lowest BCUT2D eigenvalue weighted by atomic mass is 9.96. The molecular weight excluding hydrogens is 444 g/mol. The molecule has 3 aliphatic rings. The van der Waals surface area contributed by atoms with Gasteiger partial charge >= 0.3 is 12.1 Å². The number of carbonyl (C=O) groups is 3. The van der Waals surface area contributed by atoms with Crippen molar-refractivity contribution in [2.24, 2.45) is 5.92 Å². The van der Waals surface area contributed by atoms with Gasteiger partial charge in [-0.05, 0) is 67.7 Å². The number of piperidine rings is 1. The smallest absolute Gasteiger partial charge is 0.407 e. The summed E-state index contributed by atoms with van der Waals surface area (Å²) in [4.78, 5) is 39.0. The van der Waals surface area contributed by atoms with Crippen LogP contribution in [0.5, 0.6) is 0 Å². The minimum atomic E-state index is -1.00. The molecule has 2 fully saturated rings. The number of hydrogen-bond donors (Lipinski definition) is 2. The summed E-state index contributed by atoms with van der Waals surface area (Å²) in [6.07, 6.45) is 2.31. The van der Waals surface area contributed by atoms with Crippen molar-refractivity contribution >= 4 is 18.0 Å². The van der Waals surface area contributed by atoms with Gasteiger partial charge in [-0.1, -0.05) is 48.5 Å². The van der Waals surface area contributed by atoms with Gasteiger partial charge in [-0.3, -0.25) is 4.79 Å². The molecule has 2 atom stereocenters. The van der Waals surface area contributed by atoms with Gasteiger partial charge in [0.1, 0.15) is 12.1 Å². The summed E-state index contributed by atoms with van der Waals surface area (Å²) in [5.74, 6) is -0.996. The number of alkyl carbamates (subject to hydrolysis) is 1. The van der Waals surface area contributed by atoms with Gasteiger partial charge in [0.15, 0.2) is 0 Å². The molecule has 2 unspecified atom stereocenters. The minimum absolute atomic E-state index is 0.0179. The Balaban J connectivity index is 1.16. The molecule has 1 saturated heterocycles. The van der Waals surface area contributed by atoms with E-state index in [-0.39, 0.29) is 30.8 Å². The monoisotopic (exact) mass is 476 g/mol. The first kappa shape index (κ1) is 23.4. The molecule has 0 bridgehead atoms. The fourth-order valence-electron chi connectivity index (χ4n) is 5.94. The molecule has 1 heterocycles. The Morgan fingerprint density at radius 2 is 1.71 bits per heavy atom. The van der Waals surface area contributed by atoms with Crippen LogP contribution in [0, 0.1) is 5.92 Å². The summed E-state index contributed by atoms with van der Waals surface area (Å²) in [5, 5.41) is 12.6. The average molecular weight is 477 g/mol. The zero-order valence-corrected chi connectivity index (χ0v) is 20.3. The third-order valence-corrected chi connectivity index (χ3v) is 7.91. The van der Waals surface area contributed by atoms with E-state index in [9.17, 15) is 19.5 Å². The lowest BCUT2D eigenvalue weighted by molar-refractivity contribution is -0.154. The van der Waals surface area contributed by atoms with E-state index in [2.05, 4.69) is 29.6 Å². The van der Waals surface area contributed by atoms with Crippen LogP contribution < -0.4 is 5.32 Å². The van der Waals surface area contributed by atoms with Crippen molar-refractivity contribution in [2.45, 2.75) is 62.9 Å². The van der Waals surface area contributed by atoms with E-state index in [0.717, 1.165) is 24.0 Å². The van der Waals surface area contributed by atoms with Crippen LogP contribution in [0.1, 0.15) is 63.0 Å². The van der Waals surface area contributed by atoms with Gasteiger partial charge in [0, 0.05) is 24.4 Å². The maximum absolute atomic E-state index is 12.9. The molecule has 2 N–H and O–H groups in total. The standard InChI is InChI=1S/C28H32N2O5/c1-27(2,14-13-24(31)30-15-7-8-18-16-28(18,30)25(32)33)29-26(34)35-17-23-21-11-5-3-9-19(21)20-10-4-6-12-22(20)23/h3-6,9-12,18,23H,7-8,13-17H2,1-2H3,(H,29,34)(H,32,33). The van der Waals surface area contributed by atoms with Crippen LogP contribution in [0.4, 0.5) is 4.79 Å². The number of fused-ring (bicyclic) bond motifs is 4. The fourth-order valence-corrected chi connectivity index (χ4v) is 5.94. The highest BCUT2D eigenvalue weighted by molar-refractivity contribution is 5.90. The molecular formula is C28H32N2O5. The first-order chi connectivity index (χ1) is 16.7. The molecule has 0 radical (unpaired) electrons. The van der Waals surface area contributed by atoms with Gasteiger partial charge in [0.05, 0.1) is 0 Å². The van der Waals surface area contributed by atoms with Crippen LogP contribution in [0.3, 0.4) is 0 Å². The fraction of sp³-hybridized carbons (Fsp3) is 0.464. The molecule has 0 spiro atoms. The van der Waals surface area contributed by atoms with E-state index < -0.39 is 23.1 Å². The third kappa shape index (κ3) is 4.17. The van der Waals surface area contributed by atoms with Crippen molar-refractivity contribution < 1.29 is 24.2 Å². The molecule has 7 nitrogen and oxygen atoms in total. The van der Waals surface area contributed by atoms with Crippen molar-refractivity contribution in [1.29, 1.82) is 0 Å². The van der Waals surface area contributed by atoms with Crippen LogP contribution >= 0.6 is 0 Å². The molecule has 2 aromatic carbocycles. The topological polar surface area (TPSA) is 95.9 Å². The summed E-state index contributed by atoms with van der Waals surface area (Å²) in [6, 6.07) is 16.4. The predicted octanol–water partition coefficient (Wildman–Crippen LogP) is 4.55. The second kappa shape index (κ2) is 8.70. The van der Waals surface area contributed by atoms with Gasteiger partial charge in [0.2, 0.25) is 5.91 Å². The Morgan fingerprint density at radius 3 is 2.34 bits per heavy atom. The average Bonchev–Trinajstić information content (AvgIpc) is 3.52. The number of carboxylic acid groups (broad SMARTS) is 1. The number of nitrogens with one attached hydrogen (secondary N) is 1. The number of amides is 2. The zero-order chi connectivity index (χ0) is 24.8. The highest BCUT2D eigenvalue weighted by Crippen LogP contribution is 2.54. The Morgan fingerprint density at radius 1 is 1.09 bits per heavy atom. The van der Waals surface area contributed by atoms with Crippen molar-refractivity contribution in [2.75, 3.05) is 13.2 Å². The molecule has 0 aromatic heterocycles. The summed E-state index contributed by atoms with van der Waals surface area (Å²) in [6.45, 7) is 4.42. The molecule has 2 aromatic rings. The number of rotatable bonds is 7. The normalized spacial score (nSPS) is 22.6. The van der Waals surface area contributed by atoms with E-state index in [1.54, 1.807) is 4.90 Å². The molecule has 1 saturated carbocycles. The summed E-state index contributed by atoms with van der Waals surface area (Å²) < 4.78 is 5.65. The summed E-state index contributed by atoms with van der Waals surface area (Å²) in [7, 11) is 0.